The van der Waals surface area contributed by atoms with Gasteiger partial charge < -0.3 is 14.6 Å². The van der Waals surface area contributed by atoms with Crippen molar-refractivity contribution >= 4 is 12.0 Å². The zero-order chi connectivity index (χ0) is 12.1. The summed E-state index contributed by atoms with van der Waals surface area (Å²) in [5.74, 6) is 0.354. The highest BCUT2D eigenvalue weighted by Crippen LogP contribution is 2.29. The molecule has 4 nitrogen and oxygen atoms in total. The molecule has 0 heterocycles. The van der Waals surface area contributed by atoms with Crippen molar-refractivity contribution < 1.29 is 19.4 Å². The van der Waals surface area contributed by atoms with Crippen molar-refractivity contribution in [3.8, 4) is 11.5 Å². The molecule has 0 bridgehead atoms. The maximum atomic E-state index is 10.4. The van der Waals surface area contributed by atoms with Crippen LogP contribution >= 0.6 is 0 Å². The molecule has 0 fully saturated rings. The zero-order valence-electron chi connectivity index (χ0n) is 9.48. The number of hydrogen-bond donors (Lipinski definition) is 1. The molecule has 0 amide bonds. The Bertz CT molecular complexity index is 396. The van der Waals surface area contributed by atoms with Gasteiger partial charge in [-0.15, -0.1) is 0 Å². The summed E-state index contributed by atoms with van der Waals surface area (Å²) in [6.45, 7) is 1.88. The number of methoxy groups -OCH3 is 2. The van der Waals surface area contributed by atoms with Crippen molar-refractivity contribution in [1.82, 2.24) is 0 Å². The lowest BCUT2D eigenvalue weighted by atomic mass is 10.1. The summed E-state index contributed by atoms with van der Waals surface area (Å²) in [6.07, 6.45) is 2.57. The molecular weight excluding hydrogens is 208 g/mol. The Balaban J connectivity index is 3.16. The van der Waals surface area contributed by atoms with E-state index in [4.69, 9.17) is 14.6 Å². The van der Waals surface area contributed by atoms with Crippen molar-refractivity contribution in [3.05, 3.63) is 29.3 Å². The Morgan fingerprint density at radius 1 is 1.25 bits per heavy atom. The lowest BCUT2D eigenvalue weighted by molar-refractivity contribution is -0.131. The van der Waals surface area contributed by atoms with Gasteiger partial charge in [-0.3, -0.25) is 0 Å². The molecule has 86 valence electrons. The summed E-state index contributed by atoms with van der Waals surface area (Å²) in [4.78, 5) is 10.4. The number of carboxylic acid groups (broad SMARTS) is 1. The molecule has 1 aromatic rings. The number of ether oxygens (including phenoxy) is 2. The second-order valence-electron chi connectivity index (χ2n) is 3.22. The monoisotopic (exact) mass is 222 g/mol. The smallest absolute Gasteiger partial charge is 0.328 e. The van der Waals surface area contributed by atoms with Crippen LogP contribution in [0.3, 0.4) is 0 Å². The van der Waals surface area contributed by atoms with Crippen molar-refractivity contribution in [2.24, 2.45) is 0 Å². The van der Waals surface area contributed by atoms with Crippen LogP contribution in [0.2, 0.25) is 0 Å². The van der Waals surface area contributed by atoms with E-state index in [1.165, 1.54) is 6.08 Å². The fourth-order valence-corrected chi connectivity index (χ4v) is 1.37. The van der Waals surface area contributed by atoms with Gasteiger partial charge in [0.05, 0.1) is 14.2 Å². The summed E-state index contributed by atoms with van der Waals surface area (Å²) in [6, 6.07) is 3.52. The highest BCUT2D eigenvalue weighted by atomic mass is 16.5. The Labute approximate surface area is 94.1 Å². The van der Waals surface area contributed by atoms with E-state index in [2.05, 4.69) is 0 Å². The van der Waals surface area contributed by atoms with Crippen LogP contribution in [0.15, 0.2) is 18.2 Å². The second-order valence-corrected chi connectivity index (χ2v) is 3.22. The number of benzene rings is 1. The molecule has 0 atom stereocenters. The van der Waals surface area contributed by atoms with Gasteiger partial charge >= 0.3 is 5.97 Å². The maximum Gasteiger partial charge on any atom is 0.328 e. The largest absolute Gasteiger partial charge is 0.496 e. The average molecular weight is 222 g/mol. The topological polar surface area (TPSA) is 55.8 Å². The van der Waals surface area contributed by atoms with Crippen LogP contribution < -0.4 is 9.47 Å². The first-order chi connectivity index (χ1) is 7.58. The van der Waals surface area contributed by atoms with E-state index in [0.717, 1.165) is 17.2 Å². The Morgan fingerprint density at radius 3 is 2.12 bits per heavy atom. The minimum Gasteiger partial charge on any atom is -0.496 e. The normalized spacial score (nSPS) is 10.4. The lowest BCUT2D eigenvalue weighted by Gasteiger charge is -2.10. The molecule has 0 aliphatic heterocycles. The maximum absolute atomic E-state index is 10.4. The third-order valence-electron chi connectivity index (χ3n) is 2.19. The molecule has 0 spiro atoms. The first kappa shape index (κ1) is 12.1. The molecule has 1 N–H and O–H groups in total. The quantitative estimate of drug-likeness (QED) is 0.793. The van der Waals surface area contributed by atoms with Gasteiger partial charge in [0.15, 0.2) is 0 Å². The van der Waals surface area contributed by atoms with E-state index in [9.17, 15) is 4.79 Å². The van der Waals surface area contributed by atoms with Crippen LogP contribution in [0, 0.1) is 6.92 Å². The van der Waals surface area contributed by atoms with Gasteiger partial charge in [0, 0.05) is 11.6 Å². The molecule has 0 saturated carbocycles. The summed E-state index contributed by atoms with van der Waals surface area (Å²) in [7, 11) is 3.12. The van der Waals surface area contributed by atoms with E-state index >= 15 is 0 Å². The standard InChI is InChI=1S/C12H14O4/c1-8-10(15-2)6-9(4-5-12(13)14)7-11(8)16-3/h4-7H,1-3H3,(H,13,14). The van der Waals surface area contributed by atoms with Crippen LogP contribution in [0.25, 0.3) is 6.08 Å². The molecule has 16 heavy (non-hydrogen) atoms. The predicted octanol–water partition coefficient (Wildman–Crippen LogP) is 2.11. The number of aliphatic carboxylic acids is 1. The van der Waals surface area contributed by atoms with E-state index < -0.39 is 5.97 Å². The molecule has 0 saturated heterocycles. The predicted molar refractivity (Wildman–Crippen MR) is 61.0 cm³/mol. The van der Waals surface area contributed by atoms with Gasteiger partial charge in [0.1, 0.15) is 11.5 Å². The van der Waals surface area contributed by atoms with E-state index in [1.54, 1.807) is 26.4 Å². The minimum absolute atomic E-state index is 0.671. The lowest BCUT2D eigenvalue weighted by Crippen LogP contribution is -1.94. The average Bonchev–Trinajstić information content (AvgIpc) is 2.27. The van der Waals surface area contributed by atoms with Gasteiger partial charge in [-0.25, -0.2) is 4.79 Å². The molecule has 0 unspecified atom stereocenters. The van der Waals surface area contributed by atoms with Gasteiger partial charge in [-0.1, -0.05) is 0 Å². The third-order valence-corrected chi connectivity index (χ3v) is 2.19. The van der Waals surface area contributed by atoms with Crippen LogP contribution in [-0.4, -0.2) is 25.3 Å². The van der Waals surface area contributed by atoms with Crippen molar-refractivity contribution in [2.45, 2.75) is 6.92 Å². The van der Waals surface area contributed by atoms with Crippen LogP contribution in [0.4, 0.5) is 0 Å². The Kier molecular flexibility index (Phi) is 3.94. The van der Waals surface area contributed by atoms with Crippen molar-refractivity contribution in [1.29, 1.82) is 0 Å². The number of carboxylic acids is 1. The fourth-order valence-electron chi connectivity index (χ4n) is 1.37. The highest BCUT2D eigenvalue weighted by molar-refractivity contribution is 5.85. The van der Waals surface area contributed by atoms with Crippen LogP contribution in [0.5, 0.6) is 11.5 Å². The fraction of sp³-hybridized carbons (Fsp3) is 0.250. The van der Waals surface area contributed by atoms with Gasteiger partial charge in [0.2, 0.25) is 0 Å². The summed E-state index contributed by atoms with van der Waals surface area (Å²) >= 11 is 0. The third kappa shape index (κ3) is 2.76. The molecule has 4 heteroatoms. The SMILES string of the molecule is COc1cc(C=CC(=O)O)cc(OC)c1C. The molecule has 1 aromatic carbocycles. The van der Waals surface area contributed by atoms with Crippen LogP contribution in [-0.2, 0) is 4.79 Å². The molecule has 0 radical (unpaired) electrons. The van der Waals surface area contributed by atoms with Gasteiger partial charge in [0.25, 0.3) is 0 Å². The number of carbonyl (C=O) groups is 1. The first-order valence-corrected chi connectivity index (χ1v) is 4.72. The van der Waals surface area contributed by atoms with E-state index in [0.29, 0.717) is 11.5 Å². The van der Waals surface area contributed by atoms with Gasteiger partial charge in [-0.2, -0.15) is 0 Å². The molecule has 0 aliphatic rings. The van der Waals surface area contributed by atoms with E-state index in [1.807, 2.05) is 6.92 Å². The summed E-state index contributed by atoms with van der Waals surface area (Å²) < 4.78 is 10.3. The Morgan fingerprint density at radius 2 is 1.75 bits per heavy atom. The minimum atomic E-state index is -0.987. The van der Waals surface area contributed by atoms with Gasteiger partial charge in [-0.05, 0) is 30.7 Å². The molecule has 1 rings (SSSR count). The number of rotatable bonds is 4. The molecule has 0 aliphatic carbocycles. The van der Waals surface area contributed by atoms with E-state index in [-0.39, 0.29) is 0 Å². The highest BCUT2D eigenvalue weighted by Gasteiger charge is 2.06. The number of hydrogen-bond acceptors (Lipinski definition) is 3. The van der Waals surface area contributed by atoms with Crippen molar-refractivity contribution in [3.63, 3.8) is 0 Å². The Hall–Kier alpha value is -1.97. The summed E-state index contributed by atoms with van der Waals surface area (Å²) in [5.41, 5.74) is 1.61. The van der Waals surface area contributed by atoms with Crippen LogP contribution in [0.1, 0.15) is 11.1 Å². The second kappa shape index (κ2) is 5.21. The van der Waals surface area contributed by atoms with Crippen molar-refractivity contribution in [2.75, 3.05) is 14.2 Å². The first-order valence-electron chi connectivity index (χ1n) is 4.72. The molecular formula is C12H14O4. The zero-order valence-corrected chi connectivity index (χ0v) is 9.48. The summed E-state index contributed by atoms with van der Waals surface area (Å²) in [5, 5.41) is 8.53. The molecule has 0 aromatic heterocycles.